The number of pyridine rings is 1. The van der Waals surface area contributed by atoms with Crippen molar-refractivity contribution in [2.24, 2.45) is 5.92 Å². The number of aromatic nitrogens is 1. The van der Waals surface area contributed by atoms with Gasteiger partial charge in [-0.05, 0) is 17.5 Å². The maximum Gasteiger partial charge on any atom is 0.240 e. The Morgan fingerprint density at radius 2 is 2.00 bits per heavy atom. The van der Waals surface area contributed by atoms with Gasteiger partial charge in [-0.3, -0.25) is 9.78 Å². The summed E-state index contributed by atoms with van der Waals surface area (Å²) in [4.78, 5) is 19.2. The number of fused-ring (bicyclic) bond motifs is 1. The third kappa shape index (κ3) is 3.74. The number of carbonyl (C=O) groups is 1. The summed E-state index contributed by atoms with van der Waals surface area (Å²) < 4.78 is 5.35. The lowest BCUT2D eigenvalue weighted by molar-refractivity contribution is -0.138. The Kier molecular flexibility index (Phi) is 5.43. The zero-order valence-corrected chi connectivity index (χ0v) is 14.4. The van der Waals surface area contributed by atoms with E-state index in [0.717, 1.165) is 16.5 Å². The molecule has 0 saturated carbocycles. The highest BCUT2D eigenvalue weighted by Crippen LogP contribution is 2.17. The Balaban J connectivity index is 1.72. The molecule has 5 heteroatoms. The number of hydrogen-bond donors (Lipinski definition) is 1. The molecule has 128 valence electrons. The second-order valence-electron chi connectivity index (χ2n) is 6.53. The van der Waals surface area contributed by atoms with Crippen molar-refractivity contribution >= 4 is 16.8 Å². The summed E-state index contributed by atoms with van der Waals surface area (Å²) >= 11 is 0. The van der Waals surface area contributed by atoms with E-state index in [1.165, 1.54) is 0 Å². The van der Waals surface area contributed by atoms with Gasteiger partial charge in [-0.1, -0.05) is 38.1 Å². The molecule has 3 rings (SSSR count). The van der Waals surface area contributed by atoms with Crippen molar-refractivity contribution in [3.8, 4) is 0 Å². The second-order valence-corrected chi connectivity index (χ2v) is 6.53. The molecule has 0 unspecified atom stereocenters. The summed E-state index contributed by atoms with van der Waals surface area (Å²) in [5.74, 6) is 0.393. The molecule has 5 nitrogen and oxygen atoms in total. The fourth-order valence-electron chi connectivity index (χ4n) is 3.12. The second kappa shape index (κ2) is 7.73. The van der Waals surface area contributed by atoms with Crippen LogP contribution in [0.1, 0.15) is 19.4 Å². The molecule has 1 fully saturated rings. The lowest BCUT2D eigenvalue weighted by Crippen LogP contribution is -2.52. The number of carbonyl (C=O) groups excluding carboxylic acids is 1. The molecule has 1 amide bonds. The Hall–Kier alpha value is -1.98. The average molecular weight is 327 g/mol. The van der Waals surface area contributed by atoms with Gasteiger partial charge in [0, 0.05) is 31.2 Å². The minimum Gasteiger partial charge on any atom is -0.378 e. The maximum absolute atomic E-state index is 12.8. The highest BCUT2D eigenvalue weighted by atomic mass is 16.5. The largest absolute Gasteiger partial charge is 0.378 e. The first-order valence-corrected chi connectivity index (χ1v) is 8.59. The third-order valence-corrected chi connectivity index (χ3v) is 4.48. The fraction of sp³-hybridized carbons (Fsp3) is 0.474. The molecule has 1 aromatic heterocycles. The SMILES string of the molecule is CC(C)[C@H](NCc1cccc2cccnc12)C(=O)N1CCOCC1. The third-order valence-electron chi connectivity index (χ3n) is 4.48. The first-order chi connectivity index (χ1) is 11.7. The fourth-order valence-corrected chi connectivity index (χ4v) is 3.12. The van der Waals surface area contributed by atoms with Crippen LogP contribution in [-0.4, -0.2) is 48.1 Å². The zero-order valence-electron chi connectivity index (χ0n) is 14.4. The number of nitrogens with zero attached hydrogens (tertiary/aromatic N) is 2. The summed E-state index contributed by atoms with van der Waals surface area (Å²) in [5, 5.41) is 4.58. The van der Waals surface area contributed by atoms with Crippen LogP contribution in [0.15, 0.2) is 36.5 Å². The minimum atomic E-state index is -0.193. The van der Waals surface area contributed by atoms with E-state index in [4.69, 9.17) is 4.74 Å². The monoisotopic (exact) mass is 327 g/mol. The molecule has 1 saturated heterocycles. The van der Waals surface area contributed by atoms with Crippen LogP contribution in [0.4, 0.5) is 0 Å². The summed E-state index contributed by atoms with van der Waals surface area (Å²) in [6.45, 7) is 7.41. The van der Waals surface area contributed by atoms with Gasteiger partial charge in [-0.25, -0.2) is 0 Å². The van der Waals surface area contributed by atoms with Crippen LogP contribution in [0.5, 0.6) is 0 Å². The van der Waals surface area contributed by atoms with Crippen LogP contribution >= 0.6 is 0 Å². The van der Waals surface area contributed by atoms with Gasteiger partial charge < -0.3 is 15.0 Å². The number of morpholine rings is 1. The van der Waals surface area contributed by atoms with Crippen molar-refractivity contribution in [2.45, 2.75) is 26.4 Å². The van der Waals surface area contributed by atoms with Crippen LogP contribution in [0.2, 0.25) is 0 Å². The highest BCUT2D eigenvalue weighted by Gasteiger charge is 2.27. The Morgan fingerprint density at radius 3 is 2.75 bits per heavy atom. The normalized spacial score (nSPS) is 16.5. The predicted octanol–water partition coefficient (Wildman–Crippen LogP) is 2.21. The lowest BCUT2D eigenvalue weighted by Gasteiger charge is -2.32. The molecule has 2 heterocycles. The van der Waals surface area contributed by atoms with E-state index in [9.17, 15) is 4.79 Å². The molecule has 1 N–H and O–H groups in total. The lowest BCUT2D eigenvalue weighted by atomic mass is 10.0. The van der Waals surface area contributed by atoms with Crippen molar-refractivity contribution in [1.82, 2.24) is 15.2 Å². The Labute approximate surface area is 143 Å². The van der Waals surface area contributed by atoms with E-state index in [0.29, 0.717) is 32.8 Å². The number of rotatable bonds is 5. The van der Waals surface area contributed by atoms with Crippen molar-refractivity contribution in [3.63, 3.8) is 0 Å². The smallest absolute Gasteiger partial charge is 0.240 e. The number of hydrogen-bond acceptors (Lipinski definition) is 4. The van der Waals surface area contributed by atoms with E-state index in [-0.39, 0.29) is 17.9 Å². The van der Waals surface area contributed by atoms with Gasteiger partial charge in [0.1, 0.15) is 0 Å². The number of para-hydroxylation sites is 1. The number of nitrogens with one attached hydrogen (secondary N) is 1. The molecule has 0 bridgehead atoms. The molecule has 0 radical (unpaired) electrons. The van der Waals surface area contributed by atoms with E-state index in [1.807, 2.05) is 23.2 Å². The van der Waals surface area contributed by atoms with Gasteiger partial charge >= 0.3 is 0 Å². The molecular formula is C19H25N3O2. The standard InChI is InChI=1S/C19H25N3O2/c1-14(2)17(19(23)22-9-11-24-12-10-22)21-13-16-6-3-5-15-7-4-8-20-18(15)16/h3-8,14,17,21H,9-13H2,1-2H3/t17-/m0/s1. The Morgan fingerprint density at radius 1 is 1.25 bits per heavy atom. The van der Waals surface area contributed by atoms with Crippen LogP contribution in [0, 0.1) is 5.92 Å². The van der Waals surface area contributed by atoms with Gasteiger partial charge in [-0.2, -0.15) is 0 Å². The summed E-state index contributed by atoms with van der Waals surface area (Å²) in [5.41, 5.74) is 2.11. The number of amides is 1. The highest BCUT2D eigenvalue weighted by molar-refractivity contribution is 5.83. The molecular weight excluding hydrogens is 302 g/mol. The molecule has 2 aromatic rings. The average Bonchev–Trinajstić information content (AvgIpc) is 2.62. The van der Waals surface area contributed by atoms with E-state index in [1.54, 1.807) is 0 Å². The summed E-state index contributed by atoms with van der Waals surface area (Å²) in [6, 6.07) is 9.98. The molecule has 1 aliphatic rings. The summed E-state index contributed by atoms with van der Waals surface area (Å²) in [6.07, 6.45) is 1.81. The van der Waals surface area contributed by atoms with Crippen molar-refractivity contribution in [3.05, 3.63) is 42.1 Å². The molecule has 1 aromatic carbocycles. The molecule has 24 heavy (non-hydrogen) atoms. The Bertz CT molecular complexity index is 691. The van der Waals surface area contributed by atoms with E-state index >= 15 is 0 Å². The topological polar surface area (TPSA) is 54.5 Å². The predicted molar refractivity (Wildman–Crippen MR) is 94.6 cm³/mol. The van der Waals surface area contributed by atoms with Gasteiger partial charge in [0.05, 0.1) is 24.8 Å². The van der Waals surface area contributed by atoms with E-state index < -0.39 is 0 Å². The van der Waals surface area contributed by atoms with Gasteiger partial charge in [-0.15, -0.1) is 0 Å². The van der Waals surface area contributed by atoms with Gasteiger partial charge in [0.15, 0.2) is 0 Å². The van der Waals surface area contributed by atoms with Crippen molar-refractivity contribution < 1.29 is 9.53 Å². The maximum atomic E-state index is 12.8. The first kappa shape index (κ1) is 16.9. The number of ether oxygens (including phenoxy) is 1. The number of benzene rings is 1. The van der Waals surface area contributed by atoms with Gasteiger partial charge in [0.25, 0.3) is 0 Å². The van der Waals surface area contributed by atoms with Crippen molar-refractivity contribution in [1.29, 1.82) is 0 Å². The molecule has 1 atom stereocenters. The summed E-state index contributed by atoms with van der Waals surface area (Å²) in [7, 11) is 0. The molecule has 0 spiro atoms. The van der Waals surface area contributed by atoms with E-state index in [2.05, 4.69) is 42.3 Å². The van der Waals surface area contributed by atoms with Crippen LogP contribution in [-0.2, 0) is 16.1 Å². The quantitative estimate of drug-likeness (QED) is 0.915. The molecule has 0 aliphatic carbocycles. The van der Waals surface area contributed by atoms with Gasteiger partial charge in [0.2, 0.25) is 5.91 Å². The van der Waals surface area contributed by atoms with Crippen LogP contribution in [0.25, 0.3) is 10.9 Å². The zero-order chi connectivity index (χ0) is 16.9. The van der Waals surface area contributed by atoms with Crippen LogP contribution in [0.3, 0.4) is 0 Å². The minimum absolute atomic E-state index is 0.168. The first-order valence-electron chi connectivity index (χ1n) is 8.59. The van der Waals surface area contributed by atoms with Crippen molar-refractivity contribution in [2.75, 3.05) is 26.3 Å². The van der Waals surface area contributed by atoms with Crippen LogP contribution < -0.4 is 5.32 Å². The molecule has 1 aliphatic heterocycles.